The average molecular weight is 554 g/mol. The maximum atomic E-state index is 13.9. The van der Waals surface area contributed by atoms with Crippen molar-refractivity contribution in [3.05, 3.63) is 42.0 Å². The molecule has 0 spiro atoms. The van der Waals surface area contributed by atoms with Crippen molar-refractivity contribution in [3.63, 3.8) is 0 Å². The normalized spacial score (nSPS) is 17.6. The molecule has 0 saturated heterocycles. The predicted molar refractivity (Wildman–Crippen MR) is 137 cm³/mol. The molecular formula is C26H28F5N5O3. The van der Waals surface area contributed by atoms with Crippen molar-refractivity contribution in [1.82, 2.24) is 9.97 Å². The third-order valence-corrected chi connectivity index (χ3v) is 6.61. The van der Waals surface area contributed by atoms with Gasteiger partial charge in [-0.3, -0.25) is 4.79 Å². The fourth-order valence-electron chi connectivity index (χ4n) is 4.74. The van der Waals surface area contributed by atoms with Gasteiger partial charge >= 0.3 is 12.1 Å². The summed E-state index contributed by atoms with van der Waals surface area (Å²) in [6, 6.07) is 5.31. The van der Waals surface area contributed by atoms with Crippen molar-refractivity contribution in [2.24, 2.45) is 0 Å². The van der Waals surface area contributed by atoms with E-state index in [1.165, 1.54) is 32.4 Å². The molecule has 0 radical (unpaired) electrons. The van der Waals surface area contributed by atoms with Gasteiger partial charge in [0, 0.05) is 55.8 Å². The molecule has 1 N–H and O–H groups in total. The SMILES string of the molecule is COc1cc(OC)cc(N(C(=O)C(F)(F)F)C2CCC(Nc3nc(N(C)C)c4cc(F)c(F)cc4n3)CC2)c1. The van der Waals surface area contributed by atoms with Crippen LogP contribution in [-0.4, -0.2) is 62.5 Å². The van der Waals surface area contributed by atoms with Crippen LogP contribution in [-0.2, 0) is 4.79 Å². The van der Waals surface area contributed by atoms with Gasteiger partial charge < -0.3 is 24.6 Å². The molecule has 0 bridgehead atoms. The van der Waals surface area contributed by atoms with E-state index in [0.29, 0.717) is 24.0 Å². The standard InChI is InChI=1S/C26H28F5N5O3/c1-35(2)23-19-12-20(27)21(28)13-22(19)33-25(34-23)32-14-5-7-15(8-6-14)36(24(37)26(29,30)31)16-9-17(38-3)11-18(10-16)39-4/h9-15H,5-8H2,1-4H3,(H,32,33,34). The lowest BCUT2D eigenvalue weighted by atomic mass is 9.89. The van der Waals surface area contributed by atoms with Crippen LogP contribution in [0.2, 0.25) is 0 Å². The van der Waals surface area contributed by atoms with Gasteiger partial charge in [-0.15, -0.1) is 0 Å². The number of nitrogens with one attached hydrogen (secondary N) is 1. The molecule has 8 nitrogen and oxygen atoms in total. The Bertz CT molecular complexity index is 1340. The van der Waals surface area contributed by atoms with E-state index in [4.69, 9.17) is 9.47 Å². The number of methoxy groups -OCH3 is 2. The van der Waals surface area contributed by atoms with Crippen LogP contribution in [0.1, 0.15) is 25.7 Å². The van der Waals surface area contributed by atoms with E-state index >= 15 is 0 Å². The lowest BCUT2D eigenvalue weighted by molar-refractivity contribution is -0.171. The Balaban J connectivity index is 1.57. The highest BCUT2D eigenvalue weighted by atomic mass is 19.4. The molecule has 0 aliphatic heterocycles. The number of ether oxygens (including phenoxy) is 2. The minimum absolute atomic E-state index is 0.0210. The van der Waals surface area contributed by atoms with E-state index in [1.807, 2.05) is 0 Å². The molecular weight excluding hydrogens is 525 g/mol. The van der Waals surface area contributed by atoms with Gasteiger partial charge in [-0.2, -0.15) is 18.2 Å². The molecule has 1 aromatic heterocycles. The summed E-state index contributed by atoms with van der Waals surface area (Å²) in [5.74, 6) is -2.97. The molecule has 1 heterocycles. The van der Waals surface area contributed by atoms with Gasteiger partial charge in [0.15, 0.2) is 11.6 Å². The third kappa shape index (κ3) is 6.07. The number of hydrogen-bond donors (Lipinski definition) is 1. The Morgan fingerprint density at radius 3 is 2.05 bits per heavy atom. The zero-order valence-electron chi connectivity index (χ0n) is 21.8. The summed E-state index contributed by atoms with van der Waals surface area (Å²) in [6.45, 7) is 0. The Kier molecular flexibility index (Phi) is 7.98. The summed E-state index contributed by atoms with van der Waals surface area (Å²) in [6.07, 6.45) is -3.75. The van der Waals surface area contributed by atoms with Crippen LogP contribution in [0.15, 0.2) is 30.3 Å². The number of hydrogen-bond acceptors (Lipinski definition) is 7. The first-order valence-corrected chi connectivity index (χ1v) is 12.2. The molecule has 13 heteroatoms. The maximum absolute atomic E-state index is 13.9. The molecule has 210 valence electrons. The first-order chi connectivity index (χ1) is 18.4. The van der Waals surface area contributed by atoms with Crippen molar-refractivity contribution in [2.75, 3.05) is 43.4 Å². The van der Waals surface area contributed by atoms with Gasteiger partial charge in [-0.25, -0.2) is 13.8 Å². The van der Waals surface area contributed by atoms with Crippen molar-refractivity contribution in [2.45, 2.75) is 43.9 Å². The Labute approximate surface area is 221 Å². The summed E-state index contributed by atoms with van der Waals surface area (Å²) in [4.78, 5) is 23.7. The highest BCUT2D eigenvalue weighted by Gasteiger charge is 2.46. The number of carbonyl (C=O) groups excluding carboxylic acids is 1. The topological polar surface area (TPSA) is 79.8 Å². The Hall–Kier alpha value is -3.90. The number of benzene rings is 2. The van der Waals surface area contributed by atoms with E-state index in [2.05, 4.69) is 15.3 Å². The highest BCUT2D eigenvalue weighted by Crippen LogP contribution is 2.36. The number of anilines is 3. The summed E-state index contributed by atoms with van der Waals surface area (Å²) >= 11 is 0. The Morgan fingerprint density at radius 1 is 0.923 bits per heavy atom. The maximum Gasteiger partial charge on any atom is 0.471 e. The molecule has 1 fully saturated rings. The largest absolute Gasteiger partial charge is 0.497 e. The lowest BCUT2D eigenvalue weighted by Gasteiger charge is -2.37. The number of nitrogens with zero attached hydrogens (tertiary/aromatic N) is 4. The van der Waals surface area contributed by atoms with Gasteiger partial charge in [-0.1, -0.05) is 0 Å². The Morgan fingerprint density at radius 2 is 1.51 bits per heavy atom. The second-order valence-corrected chi connectivity index (χ2v) is 9.44. The summed E-state index contributed by atoms with van der Waals surface area (Å²) < 4.78 is 78.9. The number of amides is 1. The zero-order valence-corrected chi connectivity index (χ0v) is 21.8. The van der Waals surface area contributed by atoms with Crippen LogP contribution >= 0.6 is 0 Å². The molecule has 3 aromatic rings. The van der Waals surface area contributed by atoms with Gasteiger partial charge in [-0.05, 0) is 31.7 Å². The predicted octanol–water partition coefficient (Wildman–Crippen LogP) is 5.31. The van der Waals surface area contributed by atoms with Crippen LogP contribution in [0.3, 0.4) is 0 Å². The smallest absolute Gasteiger partial charge is 0.471 e. The molecule has 1 aliphatic carbocycles. The minimum Gasteiger partial charge on any atom is -0.497 e. The van der Waals surface area contributed by atoms with Crippen LogP contribution in [0, 0.1) is 11.6 Å². The van der Waals surface area contributed by atoms with E-state index in [-0.39, 0.29) is 47.5 Å². The van der Waals surface area contributed by atoms with E-state index in [9.17, 15) is 26.7 Å². The monoisotopic (exact) mass is 553 g/mol. The van der Waals surface area contributed by atoms with Gasteiger partial charge in [0.2, 0.25) is 5.95 Å². The first kappa shape index (κ1) is 28.1. The van der Waals surface area contributed by atoms with E-state index < -0.39 is 29.8 Å². The van der Waals surface area contributed by atoms with Gasteiger partial charge in [0.1, 0.15) is 17.3 Å². The van der Waals surface area contributed by atoms with Crippen molar-refractivity contribution < 1.29 is 36.2 Å². The van der Waals surface area contributed by atoms with Crippen molar-refractivity contribution in [1.29, 1.82) is 0 Å². The van der Waals surface area contributed by atoms with Gasteiger partial charge in [0.25, 0.3) is 0 Å². The highest BCUT2D eigenvalue weighted by molar-refractivity contribution is 5.98. The third-order valence-electron chi connectivity index (χ3n) is 6.61. The molecule has 1 aliphatic rings. The van der Waals surface area contributed by atoms with Crippen molar-refractivity contribution in [3.8, 4) is 11.5 Å². The molecule has 1 saturated carbocycles. The summed E-state index contributed by atoms with van der Waals surface area (Å²) in [5.41, 5.74) is 0.227. The van der Waals surface area contributed by atoms with E-state index in [1.54, 1.807) is 19.0 Å². The second kappa shape index (κ2) is 11.1. The molecule has 39 heavy (non-hydrogen) atoms. The first-order valence-electron chi connectivity index (χ1n) is 12.2. The minimum atomic E-state index is -5.08. The summed E-state index contributed by atoms with van der Waals surface area (Å²) in [5, 5.41) is 3.50. The molecule has 0 unspecified atom stereocenters. The fourth-order valence-corrected chi connectivity index (χ4v) is 4.74. The number of alkyl halides is 3. The van der Waals surface area contributed by atoms with Crippen LogP contribution in [0.25, 0.3) is 10.9 Å². The van der Waals surface area contributed by atoms with Crippen molar-refractivity contribution >= 4 is 34.3 Å². The molecule has 0 atom stereocenters. The average Bonchev–Trinajstić information content (AvgIpc) is 2.89. The number of rotatable bonds is 7. The number of carbonyl (C=O) groups is 1. The molecule has 1 amide bonds. The number of halogens is 5. The molecule has 2 aromatic carbocycles. The quantitative estimate of drug-likeness (QED) is 0.398. The summed E-state index contributed by atoms with van der Waals surface area (Å²) in [7, 11) is 6.15. The van der Waals surface area contributed by atoms with Crippen LogP contribution in [0.5, 0.6) is 11.5 Å². The van der Waals surface area contributed by atoms with Crippen LogP contribution < -0.4 is 24.6 Å². The molecule has 4 rings (SSSR count). The zero-order chi connectivity index (χ0) is 28.5. The van der Waals surface area contributed by atoms with E-state index in [0.717, 1.165) is 17.0 Å². The van der Waals surface area contributed by atoms with Crippen LogP contribution in [0.4, 0.5) is 39.4 Å². The number of fused-ring (bicyclic) bond motifs is 1. The fraction of sp³-hybridized carbons (Fsp3) is 0.423. The lowest BCUT2D eigenvalue weighted by Crippen LogP contribution is -2.49. The second-order valence-electron chi connectivity index (χ2n) is 9.44. The number of aromatic nitrogens is 2. The van der Waals surface area contributed by atoms with Gasteiger partial charge in [0.05, 0.1) is 25.4 Å².